The summed E-state index contributed by atoms with van der Waals surface area (Å²) in [6.07, 6.45) is 3.09. The van der Waals surface area contributed by atoms with Crippen LogP contribution in [0.25, 0.3) is 0 Å². The molecule has 0 atom stereocenters. The minimum absolute atomic E-state index is 0.0394. The summed E-state index contributed by atoms with van der Waals surface area (Å²) in [5.41, 5.74) is 8.19. The second-order valence-electron chi connectivity index (χ2n) is 5.27. The molecular formula is C17H16Cl2N4O2S. The highest BCUT2D eigenvalue weighted by atomic mass is 35.5. The highest BCUT2D eigenvalue weighted by Crippen LogP contribution is 2.21. The molecule has 0 saturated heterocycles. The number of carbonyl (C=O) groups excluding carboxylic acids is 1. The molecule has 3 N–H and O–H groups in total. The summed E-state index contributed by atoms with van der Waals surface area (Å²) in [7, 11) is 0. The summed E-state index contributed by atoms with van der Waals surface area (Å²) < 4.78 is 1.38. The molecular weight excluding hydrogens is 395 g/mol. The molecule has 6 nitrogen and oxygen atoms in total. The van der Waals surface area contributed by atoms with Gasteiger partial charge in [-0.2, -0.15) is 0 Å². The van der Waals surface area contributed by atoms with Gasteiger partial charge in [-0.3, -0.25) is 20.0 Å². The van der Waals surface area contributed by atoms with Gasteiger partial charge < -0.3 is 10.3 Å². The van der Waals surface area contributed by atoms with Gasteiger partial charge in [-0.1, -0.05) is 35.3 Å². The fourth-order valence-corrected chi connectivity index (χ4v) is 2.76. The van der Waals surface area contributed by atoms with Crippen molar-refractivity contribution in [2.45, 2.75) is 6.54 Å². The molecule has 0 fully saturated rings. The maximum atomic E-state index is 12.6. The normalized spacial score (nSPS) is 10.2. The van der Waals surface area contributed by atoms with E-state index in [9.17, 15) is 9.59 Å². The molecule has 9 heteroatoms. The van der Waals surface area contributed by atoms with E-state index in [-0.39, 0.29) is 23.8 Å². The van der Waals surface area contributed by atoms with Crippen LogP contribution in [0.4, 0.5) is 0 Å². The van der Waals surface area contributed by atoms with Crippen molar-refractivity contribution in [3.8, 4) is 0 Å². The number of nitrogens with one attached hydrogen (secondary N) is 1. The zero-order valence-corrected chi connectivity index (χ0v) is 15.9. The van der Waals surface area contributed by atoms with Crippen LogP contribution in [0, 0.1) is 0 Å². The van der Waals surface area contributed by atoms with Crippen LogP contribution in [-0.2, 0) is 6.54 Å². The first-order chi connectivity index (χ1) is 12.3. The van der Waals surface area contributed by atoms with Crippen molar-refractivity contribution in [1.82, 2.24) is 15.0 Å². The Labute approximate surface area is 165 Å². The number of halogens is 2. The van der Waals surface area contributed by atoms with Crippen LogP contribution in [0.1, 0.15) is 15.9 Å². The zero-order valence-electron chi connectivity index (χ0n) is 13.6. The standard InChI is InChI=1S/C17H16Cl2N4O2S/c1-2-7-23(17(20)26)21-15(24)13-4-3-8-22(16(13)25)10-11-5-6-12(18)9-14(11)19/h2-6,8-9H,1,7,10H2,(H2,20,26)(H,21,24). The van der Waals surface area contributed by atoms with E-state index in [0.717, 1.165) is 0 Å². The topological polar surface area (TPSA) is 80.4 Å². The van der Waals surface area contributed by atoms with Gasteiger partial charge in [0.05, 0.1) is 13.1 Å². The van der Waals surface area contributed by atoms with E-state index < -0.39 is 11.5 Å². The van der Waals surface area contributed by atoms with Gasteiger partial charge in [0, 0.05) is 16.2 Å². The van der Waals surface area contributed by atoms with Gasteiger partial charge in [0.25, 0.3) is 11.5 Å². The first-order valence-corrected chi connectivity index (χ1v) is 8.62. The van der Waals surface area contributed by atoms with E-state index in [1.807, 2.05) is 0 Å². The van der Waals surface area contributed by atoms with E-state index in [2.05, 4.69) is 12.0 Å². The Morgan fingerprint density at radius 2 is 2.12 bits per heavy atom. The molecule has 1 aromatic carbocycles. The van der Waals surface area contributed by atoms with Gasteiger partial charge in [0.2, 0.25) is 0 Å². The number of rotatable bonds is 5. The van der Waals surface area contributed by atoms with Crippen LogP contribution in [0.3, 0.4) is 0 Å². The van der Waals surface area contributed by atoms with Crippen LogP contribution in [0.5, 0.6) is 0 Å². The summed E-state index contributed by atoms with van der Waals surface area (Å²) in [5.74, 6) is -0.624. The Hall–Kier alpha value is -2.35. The molecule has 0 aliphatic rings. The van der Waals surface area contributed by atoms with Crippen molar-refractivity contribution in [3.05, 3.63) is 80.7 Å². The molecule has 0 bridgehead atoms. The van der Waals surface area contributed by atoms with Gasteiger partial charge >= 0.3 is 0 Å². The third kappa shape index (κ3) is 4.85. The number of benzene rings is 1. The Balaban J connectivity index is 2.28. The molecule has 136 valence electrons. The predicted molar refractivity (Wildman–Crippen MR) is 107 cm³/mol. The number of aromatic nitrogens is 1. The minimum Gasteiger partial charge on any atom is -0.375 e. The second kappa shape index (κ2) is 8.84. The fraction of sp³-hybridized carbons (Fsp3) is 0.118. The summed E-state index contributed by atoms with van der Waals surface area (Å²) in [4.78, 5) is 25.0. The zero-order chi connectivity index (χ0) is 19.3. The fourth-order valence-electron chi connectivity index (χ4n) is 2.17. The number of hydrogen-bond acceptors (Lipinski definition) is 3. The molecule has 0 unspecified atom stereocenters. The number of thiocarbonyl (C=S) groups is 1. The van der Waals surface area contributed by atoms with Crippen molar-refractivity contribution in [2.24, 2.45) is 5.73 Å². The number of amides is 1. The molecule has 2 rings (SSSR count). The molecule has 0 aliphatic heterocycles. The maximum Gasteiger partial charge on any atom is 0.275 e. The average molecular weight is 411 g/mol. The maximum absolute atomic E-state index is 12.6. The minimum atomic E-state index is -0.624. The Morgan fingerprint density at radius 3 is 2.73 bits per heavy atom. The number of hydrazine groups is 1. The van der Waals surface area contributed by atoms with E-state index in [4.69, 9.17) is 41.2 Å². The first-order valence-electron chi connectivity index (χ1n) is 7.45. The summed E-state index contributed by atoms with van der Waals surface area (Å²) in [5, 5.41) is 2.11. The van der Waals surface area contributed by atoms with Gasteiger partial charge in [-0.05, 0) is 42.0 Å². The second-order valence-corrected chi connectivity index (χ2v) is 6.53. The molecule has 1 heterocycles. The lowest BCUT2D eigenvalue weighted by molar-refractivity contribution is 0.0876. The van der Waals surface area contributed by atoms with Gasteiger partial charge in [-0.25, -0.2) is 0 Å². The molecule has 26 heavy (non-hydrogen) atoms. The lowest BCUT2D eigenvalue weighted by atomic mass is 10.2. The lowest BCUT2D eigenvalue weighted by Gasteiger charge is -2.21. The highest BCUT2D eigenvalue weighted by Gasteiger charge is 2.16. The van der Waals surface area contributed by atoms with Crippen LogP contribution >= 0.6 is 35.4 Å². The van der Waals surface area contributed by atoms with Crippen LogP contribution in [0.15, 0.2) is 54.0 Å². The summed E-state index contributed by atoms with van der Waals surface area (Å²) >= 11 is 16.9. The van der Waals surface area contributed by atoms with E-state index >= 15 is 0 Å². The van der Waals surface area contributed by atoms with Crippen LogP contribution in [0.2, 0.25) is 10.0 Å². The number of nitrogens with two attached hydrogens (primary N) is 1. The molecule has 0 saturated carbocycles. The van der Waals surface area contributed by atoms with Crippen molar-refractivity contribution in [3.63, 3.8) is 0 Å². The molecule has 1 amide bonds. The van der Waals surface area contributed by atoms with Crippen LogP contribution in [-0.4, -0.2) is 27.1 Å². The van der Waals surface area contributed by atoms with E-state index in [1.165, 1.54) is 21.7 Å². The smallest absolute Gasteiger partial charge is 0.275 e. The van der Waals surface area contributed by atoms with Crippen molar-refractivity contribution >= 4 is 46.4 Å². The largest absolute Gasteiger partial charge is 0.375 e. The molecule has 2 aromatic rings. The Bertz CT molecular complexity index is 914. The monoisotopic (exact) mass is 410 g/mol. The van der Waals surface area contributed by atoms with Crippen molar-refractivity contribution in [1.29, 1.82) is 0 Å². The highest BCUT2D eigenvalue weighted by molar-refractivity contribution is 7.80. The first kappa shape index (κ1) is 20.0. The third-order valence-corrected chi connectivity index (χ3v) is 4.24. The third-order valence-electron chi connectivity index (χ3n) is 3.43. The van der Waals surface area contributed by atoms with Crippen molar-refractivity contribution < 1.29 is 4.79 Å². The number of nitrogens with zero attached hydrogens (tertiary/aromatic N) is 2. The SMILES string of the molecule is C=CCN(NC(=O)c1cccn(Cc2ccc(Cl)cc2Cl)c1=O)C(N)=S. The van der Waals surface area contributed by atoms with Crippen LogP contribution < -0.4 is 16.7 Å². The Morgan fingerprint density at radius 1 is 1.38 bits per heavy atom. The predicted octanol–water partition coefficient (Wildman–Crippen LogP) is 2.58. The average Bonchev–Trinajstić information content (AvgIpc) is 2.58. The van der Waals surface area contributed by atoms with E-state index in [0.29, 0.717) is 15.6 Å². The van der Waals surface area contributed by atoms with Gasteiger partial charge in [0.1, 0.15) is 5.56 Å². The summed E-state index contributed by atoms with van der Waals surface area (Å²) in [6, 6.07) is 8.01. The quantitative estimate of drug-likeness (QED) is 0.449. The van der Waals surface area contributed by atoms with E-state index in [1.54, 1.807) is 30.5 Å². The number of pyridine rings is 1. The lowest BCUT2D eigenvalue weighted by Crippen LogP contribution is -2.49. The number of carbonyl (C=O) groups is 1. The Kier molecular flexibility index (Phi) is 6.79. The number of hydrogen-bond donors (Lipinski definition) is 2. The summed E-state index contributed by atoms with van der Waals surface area (Å²) in [6.45, 7) is 3.97. The molecule has 0 radical (unpaired) electrons. The molecule has 1 aromatic heterocycles. The molecule has 0 aliphatic carbocycles. The van der Waals surface area contributed by atoms with Gasteiger partial charge in [-0.15, -0.1) is 6.58 Å². The van der Waals surface area contributed by atoms with Crippen molar-refractivity contribution in [2.75, 3.05) is 6.54 Å². The van der Waals surface area contributed by atoms with Gasteiger partial charge in [0.15, 0.2) is 5.11 Å². The molecule has 0 spiro atoms.